The van der Waals surface area contributed by atoms with Crippen molar-refractivity contribution in [2.24, 2.45) is 0 Å². The van der Waals surface area contributed by atoms with Gasteiger partial charge in [0.25, 0.3) is 0 Å². The van der Waals surface area contributed by atoms with Gasteiger partial charge < -0.3 is 10.2 Å². The number of para-hydroxylation sites is 1. The lowest BCUT2D eigenvalue weighted by molar-refractivity contribution is 0.546. The number of hydrogen-bond donors (Lipinski definition) is 1. The van der Waals surface area contributed by atoms with Gasteiger partial charge in [-0.2, -0.15) is 0 Å². The Morgan fingerprint density at radius 1 is 1.29 bits per heavy atom. The van der Waals surface area contributed by atoms with Crippen molar-refractivity contribution in [1.82, 2.24) is 5.32 Å². The molecule has 0 fully saturated rings. The Bertz CT molecular complexity index is 591. The quantitative estimate of drug-likeness (QED) is 0.930. The van der Waals surface area contributed by atoms with Crippen LogP contribution in [0.1, 0.15) is 33.3 Å². The van der Waals surface area contributed by atoms with Gasteiger partial charge in [-0.15, -0.1) is 0 Å². The molecule has 0 radical (unpaired) electrons. The number of fused-ring (bicyclic) bond motifs is 1. The first-order chi connectivity index (χ1) is 9.71. The molecule has 0 aromatic heterocycles. The Morgan fingerprint density at radius 3 is 2.62 bits per heavy atom. The van der Waals surface area contributed by atoms with Crippen molar-refractivity contribution in [1.29, 1.82) is 0 Å². The number of anilines is 1. The Kier molecular flexibility index (Phi) is 4.63. The van der Waals surface area contributed by atoms with Gasteiger partial charge in [0.1, 0.15) is 0 Å². The summed E-state index contributed by atoms with van der Waals surface area (Å²) in [7, 11) is -3.09. The van der Waals surface area contributed by atoms with Crippen LogP contribution in [0.3, 0.4) is 0 Å². The number of nitrogens with one attached hydrogen (secondary N) is 1. The normalized spacial score (nSPS) is 20.0. The molecule has 21 heavy (non-hydrogen) atoms. The summed E-state index contributed by atoms with van der Waals surface area (Å²) in [5.41, 5.74) is 2.38. The minimum absolute atomic E-state index is 0.192. The maximum atomic E-state index is 12.3. The van der Waals surface area contributed by atoms with E-state index < -0.39 is 14.6 Å². The first kappa shape index (κ1) is 16.3. The molecule has 0 aliphatic carbocycles. The molecule has 1 atom stereocenters. The molecule has 1 aliphatic rings. The average molecular weight is 310 g/mol. The summed E-state index contributed by atoms with van der Waals surface area (Å²) in [5, 5.41) is 3.47. The molecule has 0 amide bonds. The van der Waals surface area contributed by atoms with Crippen LogP contribution in [0.25, 0.3) is 0 Å². The van der Waals surface area contributed by atoms with Gasteiger partial charge in [-0.3, -0.25) is 0 Å². The van der Waals surface area contributed by atoms with Gasteiger partial charge in [0.2, 0.25) is 0 Å². The van der Waals surface area contributed by atoms with E-state index in [9.17, 15) is 8.42 Å². The van der Waals surface area contributed by atoms with E-state index in [0.29, 0.717) is 12.6 Å². The van der Waals surface area contributed by atoms with E-state index in [1.807, 2.05) is 12.1 Å². The van der Waals surface area contributed by atoms with Crippen LogP contribution in [-0.2, 0) is 16.4 Å². The van der Waals surface area contributed by atoms with Gasteiger partial charge in [0.05, 0.1) is 10.5 Å². The van der Waals surface area contributed by atoms with Gasteiger partial charge in [-0.1, -0.05) is 18.2 Å². The van der Waals surface area contributed by atoms with Gasteiger partial charge in [-0.25, -0.2) is 8.42 Å². The van der Waals surface area contributed by atoms with Crippen molar-refractivity contribution in [2.75, 3.05) is 23.7 Å². The zero-order valence-electron chi connectivity index (χ0n) is 13.4. The van der Waals surface area contributed by atoms with Crippen LogP contribution in [0, 0.1) is 0 Å². The van der Waals surface area contributed by atoms with E-state index in [0.717, 1.165) is 18.8 Å². The second-order valence-corrected chi connectivity index (χ2v) is 9.65. The summed E-state index contributed by atoms with van der Waals surface area (Å²) in [6, 6.07) is 8.57. The number of benzene rings is 1. The van der Waals surface area contributed by atoms with Crippen molar-refractivity contribution < 1.29 is 8.42 Å². The molecule has 1 aromatic carbocycles. The van der Waals surface area contributed by atoms with Gasteiger partial charge >= 0.3 is 0 Å². The zero-order valence-corrected chi connectivity index (χ0v) is 14.2. The third-order valence-electron chi connectivity index (χ3n) is 4.03. The van der Waals surface area contributed by atoms with Crippen molar-refractivity contribution in [3.05, 3.63) is 29.8 Å². The molecule has 1 aromatic rings. The molecule has 1 N–H and O–H groups in total. The highest BCUT2D eigenvalue weighted by atomic mass is 32.2. The standard InChI is InChI=1S/C16H26N2O2S/c1-13-12-18(9-10-21(19,20)16(2,3)4)15-8-6-5-7-14(15)11-17-13/h5-8,13,17H,9-12H2,1-4H3. The summed E-state index contributed by atoms with van der Waals surface area (Å²) >= 11 is 0. The van der Waals surface area contributed by atoms with E-state index in [4.69, 9.17) is 0 Å². The first-order valence-corrected chi connectivity index (χ1v) is 9.14. The highest BCUT2D eigenvalue weighted by Crippen LogP contribution is 2.24. The van der Waals surface area contributed by atoms with Crippen LogP contribution >= 0.6 is 0 Å². The van der Waals surface area contributed by atoms with Crippen LogP contribution < -0.4 is 10.2 Å². The Balaban J connectivity index is 2.19. The molecule has 1 heterocycles. The summed E-state index contributed by atoms with van der Waals surface area (Å²) in [6.07, 6.45) is 0. The smallest absolute Gasteiger partial charge is 0.156 e. The van der Waals surface area contributed by atoms with E-state index >= 15 is 0 Å². The van der Waals surface area contributed by atoms with Crippen molar-refractivity contribution in [3.63, 3.8) is 0 Å². The van der Waals surface area contributed by atoms with Crippen LogP contribution in [0.4, 0.5) is 5.69 Å². The second kappa shape index (κ2) is 5.97. The largest absolute Gasteiger partial charge is 0.369 e. The molecule has 1 unspecified atom stereocenters. The lowest BCUT2D eigenvalue weighted by atomic mass is 10.1. The van der Waals surface area contributed by atoms with Crippen LogP contribution in [0.2, 0.25) is 0 Å². The first-order valence-electron chi connectivity index (χ1n) is 7.49. The molecule has 118 valence electrons. The van der Waals surface area contributed by atoms with Gasteiger partial charge in [-0.05, 0) is 39.3 Å². The topological polar surface area (TPSA) is 49.4 Å². The summed E-state index contributed by atoms with van der Waals surface area (Å²) in [4.78, 5) is 2.20. The number of sulfone groups is 1. The van der Waals surface area contributed by atoms with E-state index in [-0.39, 0.29) is 5.75 Å². The minimum atomic E-state index is -3.09. The maximum absolute atomic E-state index is 12.3. The Morgan fingerprint density at radius 2 is 1.95 bits per heavy atom. The molecule has 0 saturated carbocycles. The van der Waals surface area contributed by atoms with E-state index in [2.05, 4.69) is 29.3 Å². The molecule has 0 bridgehead atoms. The highest BCUT2D eigenvalue weighted by molar-refractivity contribution is 7.92. The highest BCUT2D eigenvalue weighted by Gasteiger charge is 2.30. The Hall–Kier alpha value is -1.07. The molecule has 0 spiro atoms. The summed E-state index contributed by atoms with van der Waals surface area (Å²) < 4.78 is 24.0. The maximum Gasteiger partial charge on any atom is 0.156 e. The molecular formula is C16H26N2O2S. The van der Waals surface area contributed by atoms with Gasteiger partial charge in [0, 0.05) is 31.4 Å². The molecule has 2 rings (SSSR count). The monoisotopic (exact) mass is 310 g/mol. The van der Waals surface area contributed by atoms with Crippen molar-refractivity contribution in [3.8, 4) is 0 Å². The van der Waals surface area contributed by atoms with Crippen molar-refractivity contribution in [2.45, 2.75) is 45.0 Å². The average Bonchev–Trinajstić information content (AvgIpc) is 2.55. The third kappa shape index (κ3) is 3.77. The number of rotatable bonds is 3. The Labute approximate surface area is 128 Å². The predicted octanol–water partition coefficient (Wildman–Crippen LogP) is 2.20. The number of nitrogens with zero attached hydrogens (tertiary/aromatic N) is 1. The molecule has 5 heteroatoms. The SMILES string of the molecule is CC1CN(CCS(=O)(=O)C(C)(C)C)c2ccccc2CN1. The third-order valence-corrected chi connectivity index (χ3v) is 6.62. The summed E-state index contributed by atoms with van der Waals surface area (Å²) in [6.45, 7) is 9.64. The van der Waals surface area contributed by atoms with E-state index in [1.54, 1.807) is 20.8 Å². The second-order valence-electron chi connectivity index (χ2n) is 6.79. The van der Waals surface area contributed by atoms with Crippen LogP contribution in [0.15, 0.2) is 24.3 Å². The molecule has 4 nitrogen and oxygen atoms in total. The molecule has 0 saturated heterocycles. The fourth-order valence-electron chi connectivity index (χ4n) is 2.49. The lowest BCUT2D eigenvalue weighted by Gasteiger charge is -2.28. The van der Waals surface area contributed by atoms with Crippen molar-refractivity contribution >= 4 is 15.5 Å². The fourth-order valence-corrected chi connectivity index (χ4v) is 3.57. The lowest BCUT2D eigenvalue weighted by Crippen LogP contribution is -2.40. The van der Waals surface area contributed by atoms with Crippen LogP contribution in [0.5, 0.6) is 0 Å². The van der Waals surface area contributed by atoms with Gasteiger partial charge in [0.15, 0.2) is 9.84 Å². The molecular weight excluding hydrogens is 284 g/mol. The predicted molar refractivity (Wildman–Crippen MR) is 88.5 cm³/mol. The minimum Gasteiger partial charge on any atom is -0.369 e. The zero-order chi connectivity index (χ0) is 15.7. The number of hydrogen-bond acceptors (Lipinski definition) is 4. The van der Waals surface area contributed by atoms with E-state index in [1.165, 1.54) is 5.56 Å². The summed E-state index contributed by atoms with van der Waals surface area (Å²) in [5.74, 6) is 0.192. The fraction of sp³-hybridized carbons (Fsp3) is 0.625. The van der Waals surface area contributed by atoms with Crippen LogP contribution in [-0.4, -0.2) is 38.0 Å². The molecule has 1 aliphatic heterocycles.